The maximum absolute atomic E-state index is 13.4. The van der Waals surface area contributed by atoms with Crippen LogP contribution in [0.15, 0.2) is 48.5 Å². The molecule has 0 spiro atoms. The Bertz CT molecular complexity index is 879. The summed E-state index contributed by atoms with van der Waals surface area (Å²) in [5.41, 5.74) is 0.832. The molecule has 2 aliphatic heterocycles. The highest BCUT2D eigenvalue weighted by atomic mass is 19.1. The Morgan fingerprint density at radius 2 is 1.88 bits per heavy atom. The number of carbonyl (C=O) groups is 1. The predicted octanol–water partition coefficient (Wildman–Crippen LogP) is 4.62. The van der Waals surface area contributed by atoms with E-state index >= 15 is 0 Å². The van der Waals surface area contributed by atoms with Gasteiger partial charge >= 0.3 is 0 Å². The summed E-state index contributed by atoms with van der Waals surface area (Å²) in [5.74, 6) is 1.18. The van der Waals surface area contributed by atoms with Crippen molar-refractivity contribution in [3.05, 3.63) is 59.9 Å². The van der Waals surface area contributed by atoms with Crippen LogP contribution in [-0.2, 0) is 14.9 Å². The lowest BCUT2D eigenvalue weighted by Crippen LogP contribution is -2.44. The molecule has 0 bridgehead atoms. The van der Waals surface area contributed by atoms with E-state index in [1.807, 2.05) is 24.3 Å². The molecule has 2 heterocycles. The molecule has 1 N–H and O–H groups in total. The topological polar surface area (TPSA) is 50.8 Å². The van der Waals surface area contributed by atoms with Gasteiger partial charge in [0.25, 0.3) is 0 Å². The number of nitrogens with one attached hydrogen (secondary N) is 1. The summed E-state index contributed by atoms with van der Waals surface area (Å²) in [6.07, 6.45) is 3.72. The Morgan fingerprint density at radius 1 is 1.16 bits per heavy atom. The van der Waals surface area contributed by atoms with Crippen LogP contribution in [-0.4, -0.2) is 50.3 Å². The van der Waals surface area contributed by atoms with Crippen LogP contribution in [0, 0.1) is 11.7 Å². The van der Waals surface area contributed by atoms with Gasteiger partial charge in [-0.2, -0.15) is 0 Å². The SMILES string of the molecule is C[C@@H]1CCCN(CCOc2ccc(NC(=O)C3(c4ccc(F)cc4)CCOCC3)cc2)C1. The number of benzene rings is 2. The molecule has 32 heavy (non-hydrogen) atoms. The minimum Gasteiger partial charge on any atom is -0.492 e. The van der Waals surface area contributed by atoms with E-state index in [-0.39, 0.29) is 11.7 Å². The molecule has 0 aromatic heterocycles. The quantitative estimate of drug-likeness (QED) is 0.682. The minimum absolute atomic E-state index is 0.0831. The zero-order valence-corrected chi connectivity index (χ0v) is 18.8. The number of amides is 1. The molecule has 1 atom stereocenters. The number of halogens is 1. The molecule has 172 valence electrons. The summed E-state index contributed by atoms with van der Waals surface area (Å²) < 4.78 is 24.8. The van der Waals surface area contributed by atoms with Crippen LogP contribution in [0.5, 0.6) is 5.75 Å². The van der Waals surface area contributed by atoms with Gasteiger partial charge in [0.2, 0.25) is 5.91 Å². The summed E-state index contributed by atoms with van der Waals surface area (Å²) in [6.45, 7) is 7.22. The van der Waals surface area contributed by atoms with Crippen LogP contribution in [0.3, 0.4) is 0 Å². The molecular weight excluding hydrogens is 407 g/mol. The van der Waals surface area contributed by atoms with E-state index in [1.54, 1.807) is 12.1 Å². The Hall–Kier alpha value is -2.44. The van der Waals surface area contributed by atoms with Crippen molar-refractivity contribution in [2.24, 2.45) is 5.92 Å². The molecule has 2 aliphatic rings. The van der Waals surface area contributed by atoms with Gasteiger partial charge in [-0.15, -0.1) is 0 Å². The highest BCUT2D eigenvalue weighted by molar-refractivity contribution is 5.99. The second kappa shape index (κ2) is 10.5. The van der Waals surface area contributed by atoms with Crippen molar-refractivity contribution >= 4 is 11.6 Å². The first kappa shape index (κ1) is 22.7. The van der Waals surface area contributed by atoms with Crippen LogP contribution < -0.4 is 10.1 Å². The molecule has 2 aromatic rings. The van der Waals surface area contributed by atoms with Gasteiger partial charge in [0.15, 0.2) is 0 Å². The summed E-state index contributed by atoms with van der Waals surface area (Å²) in [7, 11) is 0. The molecule has 6 heteroatoms. The molecule has 0 unspecified atom stereocenters. The van der Waals surface area contributed by atoms with Gasteiger partial charge in [-0.1, -0.05) is 19.1 Å². The van der Waals surface area contributed by atoms with Crippen LogP contribution in [0.4, 0.5) is 10.1 Å². The van der Waals surface area contributed by atoms with Crippen molar-refractivity contribution in [1.82, 2.24) is 4.90 Å². The van der Waals surface area contributed by atoms with Crippen molar-refractivity contribution < 1.29 is 18.7 Å². The fourth-order valence-electron chi connectivity index (χ4n) is 4.80. The van der Waals surface area contributed by atoms with Gasteiger partial charge in [0, 0.05) is 32.0 Å². The first-order valence-corrected chi connectivity index (χ1v) is 11.7. The van der Waals surface area contributed by atoms with Crippen LogP contribution in [0.25, 0.3) is 0 Å². The first-order valence-electron chi connectivity index (χ1n) is 11.7. The zero-order valence-electron chi connectivity index (χ0n) is 18.8. The summed E-state index contributed by atoms with van der Waals surface area (Å²) >= 11 is 0. The molecule has 0 saturated carbocycles. The smallest absolute Gasteiger partial charge is 0.235 e. The molecule has 0 radical (unpaired) electrons. The lowest BCUT2D eigenvalue weighted by molar-refractivity contribution is -0.125. The number of anilines is 1. The number of hydrogen-bond acceptors (Lipinski definition) is 4. The van der Waals surface area contributed by atoms with E-state index in [0.717, 1.165) is 42.6 Å². The average Bonchev–Trinajstić information content (AvgIpc) is 2.81. The number of nitrogens with zero attached hydrogens (tertiary/aromatic N) is 1. The number of rotatable bonds is 7. The second-order valence-corrected chi connectivity index (χ2v) is 9.08. The van der Waals surface area contributed by atoms with Crippen LogP contribution >= 0.6 is 0 Å². The zero-order chi connectivity index (χ0) is 22.4. The van der Waals surface area contributed by atoms with E-state index < -0.39 is 5.41 Å². The van der Waals surface area contributed by atoms with Gasteiger partial charge in [-0.05, 0) is 80.1 Å². The van der Waals surface area contributed by atoms with Crippen molar-refractivity contribution in [1.29, 1.82) is 0 Å². The third-order valence-electron chi connectivity index (χ3n) is 6.71. The molecular formula is C26H33FN2O3. The molecule has 2 saturated heterocycles. The van der Waals surface area contributed by atoms with E-state index in [1.165, 1.54) is 25.0 Å². The van der Waals surface area contributed by atoms with E-state index in [2.05, 4.69) is 17.1 Å². The molecule has 5 nitrogen and oxygen atoms in total. The summed E-state index contributed by atoms with van der Waals surface area (Å²) in [5, 5.41) is 3.05. The Kier molecular flexibility index (Phi) is 7.43. The standard InChI is InChI=1S/C26H33FN2O3/c1-20-3-2-14-29(19-20)15-18-32-24-10-8-23(9-11-24)28-25(30)26(12-16-31-17-13-26)21-4-6-22(27)7-5-21/h4-11,20H,2-3,12-19H2,1H3,(H,28,30)/t20-/m1/s1. The van der Waals surface area contributed by atoms with Gasteiger partial charge in [-0.3, -0.25) is 9.69 Å². The first-order chi connectivity index (χ1) is 15.5. The second-order valence-electron chi connectivity index (χ2n) is 9.08. The highest BCUT2D eigenvalue weighted by Crippen LogP contribution is 2.36. The van der Waals surface area contributed by atoms with Crippen molar-refractivity contribution in [3.63, 3.8) is 0 Å². The van der Waals surface area contributed by atoms with Crippen molar-refractivity contribution in [2.75, 3.05) is 44.8 Å². The summed E-state index contributed by atoms with van der Waals surface area (Å²) in [6, 6.07) is 13.8. The maximum Gasteiger partial charge on any atom is 0.235 e. The number of piperidine rings is 1. The molecule has 2 aromatic carbocycles. The lowest BCUT2D eigenvalue weighted by Gasteiger charge is -2.36. The van der Waals surface area contributed by atoms with Crippen molar-refractivity contribution in [3.8, 4) is 5.75 Å². The fraction of sp³-hybridized carbons (Fsp3) is 0.500. The van der Waals surface area contributed by atoms with E-state index in [9.17, 15) is 9.18 Å². The number of likely N-dealkylation sites (tertiary alicyclic amines) is 1. The normalized spacial score (nSPS) is 21.1. The fourth-order valence-corrected chi connectivity index (χ4v) is 4.80. The van der Waals surface area contributed by atoms with Gasteiger partial charge in [0.05, 0.1) is 5.41 Å². The monoisotopic (exact) mass is 440 g/mol. The maximum atomic E-state index is 13.4. The third-order valence-corrected chi connectivity index (χ3v) is 6.71. The largest absolute Gasteiger partial charge is 0.492 e. The van der Waals surface area contributed by atoms with Crippen LogP contribution in [0.1, 0.15) is 38.2 Å². The molecule has 1 amide bonds. The minimum atomic E-state index is -0.716. The predicted molar refractivity (Wildman–Crippen MR) is 124 cm³/mol. The lowest BCUT2D eigenvalue weighted by atomic mass is 9.73. The number of ether oxygens (including phenoxy) is 2. The number of carbonyl (C=O) groups excluding carboxylic acids is 1. The Morgan fingerprint density at radius 3 is 2.56 bits per heavy atom. The summed E-state index contributed by atoms with van der Waals surface area (Å²) in [4.78, 5) is 15.8. The Balaban J connectivity index is 1.35. The molecule has 0 aliphatic carbocycles. The van der Waals surface area contributed by atoms with Gasteiger partial charge in [-0.25, -0.2) is 4.39 Å². The van der Waals surface area contributed by atoms with Gasteiger partial charge in [0.1, 0.15) is 18.2 Å². The van der Waals surface area contributed by atoms with Crippen LogP contribution in [0.2, 0.25) is 0 Å². The average molecular weight is 441 g/mol. The number of hydrogen-bond donors (Lipinski definition) is 1. The van der Waals surface area contributed by atoms with E-state index in [4.69, 9.17) is 9.47 Å². The van der Waals surface area contributed by atoms with E-state index in [0.29, 0.717) is 32.7 Å². The third kappa shape index (κ3) is 5.48. The van der Waals surface area contributed by atoms with Gasteiger partial charge < -0.3 is 14.8 Å². The molecule has 4 rings (SSSR count). The highest BCUT2D eigenvalue weighted by Gasteiger charge is 2.41. The molecule has 2 fully saturated rings. The van der Waals surface area contributed by atoms with Crippen molar-refractivity contribution in [2.45, 2.75) is 38.0 Å². The Labute approximate surface area is 189 Å².